The average Bonchev–Trinajstić information content (AvgIpc) is 2.42. The number of hydrogen-bond acceptors (Lipinski definition) is 3. The van der Waals surface area contributed by atoms with E-state index in [-0.39, 0.29) is 11.9 Å². The van der Waals surface area contributed by atoms with Crippen LogP contribution in [0, 0.1) is 0 Å². The molecule has 1 fully saturated rings. The Morgan fingerprint density at radius 2 is 2.00 bits per heavy atom. The van der Waals surface area contributed by atoms with Gasteiger partial charge in [-0.25, -0.2) is 0 Å². The Hall–Kier alpha value is -1.39. The molecule has 1 aliphatic heterocycles. The van der Waals surface area contributed by atoms with Crippen molar-refractivity contribution in [2.24, 2.45) is 0 Å². The first kappa shape index (κ1) is 14.0. The lowest BCUT2D eigenvalue weighted by atomic mass is 10.1. The van der Waals surface area contributed by atoms with E-state index < -0.39 is 0 Å². The smallest absolute Gasteiger partial charge is 0.242 e. The van der Waals surface area contributed by atoms with Crippen molar-refractivity contribution in [2.75, 3.05) is 18.4 Å². The van der Waals surface area contributed by atoms with Gasteiger partial charge in [0, 0.05) is 24.8 Å². The Balaban J connectivity index is 1.88. The molecule has 1 saturated heterocycles. The minimum Gasteiger partial charge on any atom is -0.325 e. The maximum absolute atomic E-state index is 12.1. The molecule has 3 N–H and O–H groups in total. The molecular formula is C15H23N3O. The third-order valence-corrected chi connectivity index (χ3v) is 3.42. The highest BCUT2D eigenvalue weighted by atomic mass is 16.2. The van der Waals surface area contributed by atoms with Crippen LogP contribution in [0.4, 0.5) is 5.69 Å². The second-order valence-corrected chi connectivity index (χ2v) is 5.21. The van der Waals surface area contributed by atoms with Gasteiger partial charge in [0.15, 0.2) is 0 Å². The summed E-state index contributed by atoms with van der Waals surface area (Å²) in [5.74, 6) is 0.0302. The lowest BCUT2D eigenvalue weighted by Crippen LogP contribution is -2.57. The van der Waals surface area contributed by atoms with Crippen molar-refractivity contribution >= 4 is 11.6 Å². The van der Waals surface area contributed by atoms with Crippen LogP contribution in [0.25, 0.3) is 0 Å². The van der Waals surface area contributed by atoms with E-state index >= 15 is 0 Å². The summed E-state index contributed by atoms with van der Waals surface area (Å²) in [5, 5.41) is 9.50. The Labute approximate surface area is 115 Å². The van der Waals surface area contributed by atoms with Crippen molar-refractivity contribution in [2.45, 2.75) is 38.8 Å². The molecule has 1 aromatic rings. The molecule has 0 radical (unpaired) electrons. The fraction of sp³-hybridized carbons (Fsp3) is 0.533. The van der Waals surface area contributed by atoms with Crippen molar-refractivity contribution < 1.29 is 4.79 Å². The van der Waals surface area contributed by atoms with Crippen LogP contribution in [0.2, 0.25) is 0 Å². The number of benzene rings is 1. The molecular weight excluding hydrogens is 238 g/mol. The van der Waals surface area contributed by atoms with E-state index in [1.54, 1.807) is 0 Å². The van der Waals surface area contributed by atoms with E-state index in [0.717, 1.165) is 25.1 Å². The van der Waals surface area contributed by atoms with E-state index in [2.05, 4.69) is 41.9 Å². The predicted molar refractivity (Wildman–Crippen MR) is 78.3 cm³/mol. The number of nitrogens with one attached hydrogen (secondary N) is 3. The molecule has 0 bridgehead atoms. The average molecular weight is 261 g/mol. The number of rotatable bonds is 4. The highest BCUT2D eigenvalue weighted by molar-refractivity contribution is 5.95. The molecule has 2 unspecified atom stereocenters. The topological polar surface area (TPSA) is 53.2 Å². The molecule has 0 saturated carbocycles. The van der Waals surface area contributed by atoms with E-state index in [1.165, 1.54) is 5.56 Å². The molecule has 1 heterocycles. The summed E-state index contributed by atoms with van der Waals surface area (Å²) >= 11 is 0. The molecule has 4 heteroatoms. The van der Waals surface area contributed by atoms with Gasteiger partial charge in [-0.05, 0) is 31.0 Å². The first-order chi connectivity index (χ1) is 9.19. The molecule has 104 valence electrons. The summed E-state index contributed by atoms with van der Waals surface area (Å²) in [6.45, 7) is 5.78. The highest BCUT2D eigenvalue weighted by Crippen LogP contribution is 2.11. The predicted octanol–water partition coefficient (Wildman–Crippen LogP) is 1.53. The minimum absolute atomic E-state index is 0.0302. The monoisotopic (exact) mass is 261 g/mol. The zero-order valence-electron chi connectivity index (χ0n) is 11.7. The molecule has 0 aromatic heterocycles. The number of piperazine rings is 1. The third-order valence-electron chi connectivity index (χ3n) is 3.42. The Morgan fingerprint density at radius 1 is 1.26 bits per heavy atom. The van der Waals surface area contributed by atoms with Gasteiger partial charge in [0.05, 0.1) is 6.04 Å². The van der Waals surface area contributed by atoms with Gasteiger partial charge in [0.2, 0.25) is 5.91 Å². The molecule has 19 heavy (non-hydrogen) atoms. The second-order valence-electron chi connectivity index (χ2n) is 5.21. The van der Waals surface area contributed by atoms with Crippen LogP contribution in [0.3, 0.4) is 0 Å². The molecule has 1 aliphatic rings. The lowest BCUT2D eigenvalue weighted by molar-refractivity contribution is -0.118. The summed E-state index contributed by atoms with van der Waals surface area (Å²) in [6.07, 6.45) is 2.22. The summed E-state index contributed by atoms with van der Waals surface area (Å²) in [5.41, 5.74) is 2.18. The van der Waals surface area contributed by atoms with Crippen LogP contribution in [0.5, 0.6) is 0 Å². The first-order valence-electron chi connectivity index (χ1n) is 7.05. The first-order valence-corrected chi connectivity index (χ1v) is 7.05. The standard InChI is InChI=1S/C15H23N3O/c1-3-4-12-5-7-13(8-6-12)18-15(19)14-10-16-11(2)9-17-14/h5-8,11,14,16-17H,3-4,9-10H2,1-2H3,(H,18,19). The molecule has 4 nitrogen and oxygen atoms in total. The van der Waals surface area contributed by atoms with E-state index in [4.69, 9.17) is 0 Å². The summed E-state index contributed by atoms with van der Waals surface area (Å²) in [6, 6.07) is 8.38. The van der Waals surface area contributed by atoms with Crippen LogP contribution in [-0.4, -0.2) is 31.1 Å². The molecule has 2 rings (SSSR count). The molecule has 0 spiro atoms. The van der Waals surface area contributed by atoms with Gasteiger partial charge in [-0.1, -0.05) is 25.5 Å². The van der Waals surface area contributed by atoms with Gasteiger partial charge in [-0.15, -0.1) is 0 Å². The Bertz CT molecular complexity index is 408. The van der Waals surface area contributed by atoms with E-state index in [0.29, 0.717) is 12.6 Å². The van der Waals surface area contributed by atoms with Gasteiger partial charge >= 0.3 is 0 Å². The number of anilines is 1. The van der Waals surface area contributed by atoms with E-state index in [9.17, 15) is 4.79 Å². The summed E-state index contributed by atoms with van der Waals surface area (Å²) in [7, 11) is 0. The number of carbonyl (C=O) groups excluding carboxylic acids is 1. The van der Waals surface area contributed by atoms with Crippen LogP contribution in [0.15, 0.2) is 24.3 Å². The van der Waals surface area contributed by atoms with Crippen LogP contribution >= 0.6 is 0 Å². The van der Waals surface area contributed by atoms with Crippen molar-refractivity contribution in [1.82, 2.24) is 10.6 Å². The fourth-order valence-corrected chi connectivity index (χ4v) is 2.24. The van der Waals surface area contributed by atoms with Crippen molar-refractivity contribution in [3.8, 4) is 0 Å². The van der Waals surface area contributed by atoms with Gasteiger partial charge < -0.3 is 16.0 Å². The third kappa shape index (κ3) is 4.04. The molecule has 1 aromatic carbocycles. The normalized spacial score (nSPS) is 23.1. The van der Waals surface area contributed by atoms with Gasteiger partial charge in [-0.2, -0.15) is 0 Å². The lowest BCUT2D eigenvalue weighted by Gasteiger charge is -2.28. The van der Waals surface area contributed by atoms with Crippen molar-refractivity contribution in [3.05, 3.63) is 29.8 Å². The molecule has 0 aliphatic carbocycles. The Kier molecular flexibility index (Phi) is 4.93. The van der Waals surface area contributed by atoms with Crippen LogP contribution < -0.4 is 16.0 Å². The number of carbonyl (C=O) groups is 1. The SMILES string of the molecule is CCCc1ccc(NC(=O)C2CNC(C)CN2)cc1. The van der Waals surface area contributed by atoms with E-state index in [1.807, 2.05) is 12.1 Å². The maximum atomic E-state index is 12.1. The molecule has 1 amide bonds. The molecule has 2 atom stereocenters. The summed E-state index contributed by atoms with van der Waals surface area (Å²) < 4.78 is 0. The van der Waals surface area contributed by atoms with Crippen LogP contribution in [0.1, 0.15) is 25.8 Å². The maximum Gasteiger partial charge on any atom is 0.242 e. The van der Waals surface area contributed by atoms with Crippen molar-refractivity contribution in [1.29, 1.82) is 0 Å². The number of hydrogen-bond donors (Lipinski definition) is 3. The van der Waals surface area contributed by atoms with Gasteiger partial charge in [0.25, 0.3) is 0 Å². The second kappa shape index (κ2) is 6.68. The van der Waals surface area contributed by atoms with Gasteiger partial charge in [0.1, 0.15) is 0 Å². The number of amides is 1. The zero-order valence-corrected chi connectivity index (χ0v) is 11.7. The highest BCUT2D eigenvalue weighted by Gasteiger charge is 2.22. The summed E-state index contributed by atoms with van der Waals surface area (Å²) in [4.78, 5) is 12.1. The van der Waals surface area contributed by atoms with Crippen molar-refractivity contribution in [3.63, 3.8) is 0 Å². The van der Waals surface area contributed by atoms with Gasteiger partial charge in [-0.3, -0.25) is 4.79 Å². The minimum atomic E-state index is -0.147. The quantitative estimate of drug-likeness (QED) is 0.770. The fourth-order valence-electron chi connectivity index (χ4n) is 2.24. The largest absolute Gasteiger partial charge is 0.325 e. The Morgan fingerprint density at radius 3 is 2.58 bits per heavy atom. The zero-order chi connectivity index (χ0) is 13.7. The number of aryl methyl sites for hydroxylation is 1. The van der Waals surface area contributed by atoms with Crippen LogP contribution in [-0.2, 0) is 11.2 Å².